The number of aromatic nitrogens is 3. The Morgan fingerprint density at radius 2 is 2.29 bits per heavy atom. The van der Waals surface area contributed by atoms with E-state index in [-0.39, 0.29) is 18.3 Å². The lowest BCUT2D eigenvalue weighted by Crippen LogP contribution is -2.43. The molecule has 1 unspecified atom stereocenters. The number of carboxylic acids is 1. The van der Waals surface area contributed by atoms with Gasteiger partial charge in [-0.25, -0.2) is 9.48 Å². The van der Waals surface area contributed by atoms with Gasteiger partial charge in [-0.15, -0.1) is 5.10 Å². The van der Waals surface area contributed by atoms with Crippen molar-refractivity contribution >= 4 is 11.9 Å². The molecule has 1 saturated heterocycles. The number of amides is 1. The fraction of sp³-hybridized carbons (Fsp3) is 0.667. The monoisotopic (exact) mass is 297 g/mol. The molecule has 9 heteroatoms. The molecule has 9 nitrogen and oxygen atoms in total. The van der Waals surface area contributed by atoms with E-state index in [1.54, 1.807) is 10.9 Å². The standard InChI is InChI=1S/C12H19N5O4/c1-21-7-10(12(19)20)14-11(18)9-6-17(16-15-9)8-2-4-13-5-3-8/h6,8,10,13H,2-5,7H2,1H3,(H,14,18)(H,19,20). The van der Waals surface area contributed by atoms with E-state index < -0.39 is 17.9 Å². The largest absolute Gasteiger partial charge is 0.480 e. The lowest BCUT2D eigenvalue weighted by molar-refractivity contribution is -0.140. The van der Waals surface area contributed by atoms with Crippen LogP contribution in [0.25, 0.3) is 0 Å². The number of hydrogen-bond acceptors (Lipinski definition) is 6. The number of nitrogens with one attached hydrogen (secondary N) is 2. The first-order valence-electron chi connectivity index (χ1n) is 6.77. The van der Waals surface area contributed by atoms with Crippen molar-refractivity contribution in [2.75, 3.05) is 26.8 Å². The molecule has 1 aromatic rings. The highest BCUT2D eigenvalue weighted by Crippen LogP contribution is 2.16. The third-order valence-electron chi connectivity index (χ3n) is 3.36. The van der Waals surface area contributed by atoms with Crippen molar-refractivity contribution in [3.05, 3.63) is 11.9 Å². The average Bonchev–Trinajstić information content (AvgIpc) is 2.97. The molecule has 0 spiro atoms. The van der Waals surface area contributed by atoms with Crippen LogP contribution in [-0.2, 0) is 9.53 Å². The van der Waals surface area contributed by atoms with E-state index in [0.717, 1.165) is 25.9 Å². The lowest BCUT2D eigenvalue weighted by atomic mass is 10.1. The third kappa shape index (κ3) is 3.99. The number of carbonyl (C=O) groups excluding carboxylic acids is 1. The number of ether oxygens (including phenoxy) is 1. The summed E-state index contributed by atoms with van der Waals surface area (Å²) in [5.74, 6) is -1.73. The van der Waals surface area contributed by atoms with E-state index in [0.29, 0.717) is 0 Å². The fourth-order valence-electron chi connectivity index (χ4n) is 2.20. The molecule has 1 aliphatic heterocycles. The van der Waals surface area contributed by atoms with E-state index >= 15 is 0 Å². The van der Waals surface area contributed by atoms with Gasteiger partial charge in [-0.2, -0.15) is 0 Å². The van der Waals surface area contributed by atoms with Crippen LogP contribution >= 0.6 is 0 Å². The van der Waals surface area contributed by atoms with Crippen molar-refractivity contribution in [2.24, 2.45) is 0 Å². The smallest absolute Gasteiger partial charge is 0.328 e. The molecule has 1 amide bonds. The Kier molecular flexibility index (Phi) is 5.23. The predicted octanol–water partition coefficient (Wildman–Crippen LogP) is -0.968. The van der Waals surface area contributed by atoms with Crippen LogP contribution in [0.1, 0.15) is 29.4 Å². The molecule has 0 aromatic carbocycles. The van der Waals surface area contributed by atoms with Crippen LogP contribution in [-0.4, -0.2) is 64.8 Å². The second-order valence-corrected chi connectivity index (χ2v) is 4.88. The first kappa shape index (κ1) is 15.4. The number of hydrogen-bond donors (Lipinski definition) is 3. The third-order valence-corrected chi connectivity index (χ3v) is 3.36. The zero-order chi connectivity index (χ0) is 15.2. The van der Waals surface area contributed by atoms with Crippen LogP contribution in [0.5, 0.6) is 0 Å². The van der Waals surface area contributed by atoms with Gasteiger partial charge in [-0.3, -0.25) is 4.79 Å². The van der Waals surface area contributed by atoms with Gasteiger partial charge in [0.25, 0.3) is 5.91 Å². The summed E-state index contributed by atoms with van der Waals surface area (Å²) >= 11 is 0. The molecular weight excluding hydrogens is 278 g/mol. The lowest BCUT2D eigenvalue weighted by Gasteiger charge is -2.22. The normalized spacial score (nSPS) is 17.4. The highest BCUT2D eigenvalue weighted by Gasteiger charge is 2.23. The van der Waals surface area contributed by atoms with Gasteiger partial charge in [0, 0.05) is 7.11 Å². The maximum Gasteiger partial charge on any atom is 0.328 e. The van der Waals surface area contributed by atoms with Gasteiger partial charge in [0.2, 0.25) is 0 Å². The number of rotatable bonds is 6. The maximum atomic E-state index is 12.0. The zero-order valence-corrected chi connectivity index (χ0v) is 11.8. The van der Waals surface area contributed by atoms with Crippen molar-refractivity contribution < 1.29 is 19.4 Å². The summed E-state index contributed by atoms with van der Waals surface area (Å²) < 4.78 is 6.43. The van der Waals surface area contributed by atoms with Crippen molar-refractivity contribution in [3.63, 3.8) is 0 Å². The van der Waals surface area contributed by atoms with Gasteiger partial charge in [-0.05, 0) is 25.9 Å². The average molecular weight is 297 g/mol. The maximum absolute atomic E-state index is 12.0. The summed E-state index contributed by atoms with van der Waals surface area (Å²) in [7, 11) is 1.37. The molecule has 2 rings (SSSR count). The summed E-state index contributed by atoms with van der Waals surface area (Å²) in [5, 5.41) is 22.3. The van der Waals surface area contributed by atoms with Gasteiger partial charge >= 0.3 is 5.97 Å². The molecule has 0 aliphatic carbocycles. The number of aliphatic carboxylic acids is 1. The van der Waals surface area contributed by atoms with E-state index in [1.165, 1.54) is 7.11 Å². The Morgan fingerprint density at radius 1 is 1.57 bits per heavy atom. The Labute approximate surface area is 121 Å². The van der Waals surface area contributed by atoms with Gasteiger partial charge in [0.05, 0.1) is 18.8 Å². The number of piperidine rings is 1. The summed E-state index contributed by atoms with van der Waals surface area (Å²) in [5.41, 5.74) is 0.107. The molecule has 1 aromatic heterocycles. The summed E-state index contributed by atoms with van der Waals surface area (Å²) in [4.78, 5) is 22.9. The highest BCUT2D eigenvalue weighted by atomic mass is 16.5. The Bertz CT molecular complexity index is 498. The Balaban J connectivity index is 1.99. The minimum Gasteiger partial charge on any atom is -0.480 e. The topological polar surface area (TPSA) is 118 Å². The van der Waals surface area contributed by atoms with Crippen molar-refractivity contribution in [1.29, 1.82) is 0 Å². The molecule has 1 aliphatic rings. The molecule has 21 heavy (non-hydrogen) atoms. The molecule has 3 N–H and O–H groups in total. The minimum absolute atomic E-state index is 0.107. The van der Waals surface area contributed by atoms with Crippen LogP contribution in [0.3, 0.4) is 0 Å². The molecule has 2 heterocycles. The van der Waals surface area contributed by atoms with Gasteiger partial charge in [0.15, 0.2) is 11.7 Å². The number of carboxylic acid groups (broad SMARTS) is 1. The van der Waals surface area contributed by atoms with E-state index in [4.69, 9.17) is 9.84 Å². The molecule has 1 fully saturated rings. The van der Waals surface area contributed by atoms with Crippen molar-refractivity contribution in [2.45, 2.75) is 24.9 Å². The molecular formula is C12H19N5O4. The van der Waals surface area contributed by atoms with Crippen LogP contribution in [0, 0.1) is 0 Å². The number of methoxy groups -OCH3 is 1. The van der Waals surface area contributed by atoms with E-state index in [1.807, 2.05) is 0 Å². The molecule has 116 valence electrons. The second kappa shape index (κ2) is 7.14. The van der Waals surface area contributed by atoms with Crippen LogP contribution in [0.15, 0.2) is 6.20 Å². The van der Waals surface area contributed by atoms with Crippen molar-refractivity contribution in [3.8, 4) is 0 Å². The van der Waals surface area contributed by atoms with Gasteiger partial charge in [0.1, 0.15) is 0 Å². The van der Waals surface area contributed by atoms with Crippen LogP contribution in [0.4, 0.5) is 0 Å². The first-order valence-corrected chi connectivity index (χ1v) is 6.77. The van der Waals surface area contributed by atoms with Gasteiger partial charge in [-0.1, -0.05) is 5.21 Å². The molecule has 0 bridgehead atoms. The number of carbonyl (C=O) groups is 2. The predicted molar refractivity (Wildman–Crippen MR) is 71.9 cm³/mol. The second-order valence-electron chi connectivity index (χ2n) is 4.88. The SMILES string of the molecule is COCC(NC(=O)c1cn(C2CCNCC2)nn1)C(=O)O. The minimum atomic E-state index is -1.16. The zero-order valence-electron chi connectivity index (χ0n) is 11.8. The van der Waals surface area contributed by atoms with Crippen LogP contribution in [0.2, 0.25) is 0 Å². The summed E-state index contributed by atoms with van der Waals surface area (Å²) in [6, 6.07) is -0.888. The summed E-state index contributed by atoms with van der Waals surface area (Å²) in [6.07, 6.45) is 3.40. The van der Waals surface area contributed by atoms with Crippen molar-refractivity contribution in [1.82, 2.24) is 25.6 Å². The molecule has 1 atom stereocenters. The highest BCUT2D eigenvalue weighted by molar-refractivity contribution is 5.94. The number of nitrogens with zero attached hydrogens (tertiary/aromatic N) is 3. The first-order chi connectivity index (χ1) is 10.1. The van der Waals surface area contributed by atoms with E-state index in [9.17, 15) is 9.59 Å². The van der Waals surface area contributed by atoms with E-state index in [2.05, 4.69) is 20.9 Å². The quantitative estimate of drug-likeness (QED) is 0.618. The fourth-order valence-corrected chi connectivity index (χ4v) is 2.20. The van der Waals surface area contributed by atoms with Crippen LogP contribution < -0.4 is 10.6 Å². The Hall–Kier alpha value is -2.00. The Morgan fingerprint density at radius 3 is 2.90 bits per heavy atom. The van der Waals surface area contributed by atoms with Gasteiger partial charge < -0.3 is 20.5 Å². The summed E-state index contributed by atoms with van der Waals surface area (Å²) in [6.45, 7) is 1.70. The molecule has 0 radical (unpaired) electrons. The molecule has 0 saturated carbocycles.